The number of hydrogen-bond acceptors (Lipinski definition) is 3. The lowest BCUT2D eigenvalue weighted by molar-refractivity contribution is -0.141. The van der Waals surface area contributed by atoms with Gasteiger partial charge < -0.3 is 10.2 Å². The van der Waals surface area contributed by atoms with E-state index in [0.29, 0.717) is 25.1 Å². The van der Waals surface area contributed by atoms with E-state index in [0.717, 1.165) is 28.0 Å². The molecule has 0 fully saturated rings. The summed E-state index contributed by atoms with van der Waals surface area (Å²) in [6.07, 6.45) is 1.68. The Balaban J connectivity index is 1.85. The monoisotopic (exact) mass is 502 g/mol. The van der Waals surface area contributed by atoms with Gasteiger partial charge in [-0.2, -0.15) is 0 Å². The highest BCUT2D eigenvalue weighted by Gasteiger charge is 2.30. The zero-order valence-electron chi connectivity index (χ0n) is 21.9. The predicted molar refractivity (Wildman–Crippen MR) is 150 cm³/mol. The first-order valence-electron chi connectivity index (χ1n) is 12.7. The standard InChI is InChI=1S/C31H38N2O2S/c1-5-25(4)32-31(35)29(21-26-11-7-6-8-12-26)33(22-27-13-9-10-24(3)20-27)30(34)18-19-36-28-16-14-23(2)15-17-28/h6-17,20,25,29H,5,18-19,21-22H2,1-4H3,(H,32,35)/t25-,29-/m0/s1. The van der Waals surface area contributed by atoms with E-state index in [2.05, 4.69) is 49.5 Å². The second-order valence-electron chi connectivity index (χ2n) is 9.45. The molecule has 2 atom stereocenters. The maximum absolute atomic E-state index is 13.7. The fourth-order valence-electron chi connectivity index (χ4n) is 4.04. The maximum atomic E-state index is 13.7. The van der Waals surface area contributed by atoms with E-state index in [1.807, 2.05) is 62.4 Å². The Labute approximate surface area is 220 Å². The van der Waals surface area contributed by atoms with Crippen molar-refractivity contribution in [3.05, 3.63) is 101 Å². The second kappa shape index (κ2) is 13.9. The molecular weight excluding hydrogens is 464 g/mol. The van der Waals surface area contributed by atoms with E-state index in [1.54, 1.807) is 16.7 Å². The molecule has 0 radical (unpaired) electrons. The molecule has 0 aromatic heterocycles. The zero-order chi connectivity index (χ0) is 25.9. The van der Waals surface area contributed by atoms with Crippen LogP contribution in [0.25, 0.3) is 0 Å². The average Bonchev–Trinajstić information content (AvgIpc) is 2.87. The first-order chi connectivity index (χ1) is 17.4. The van der Waals surface area contributed by atoms with Crippen molar-refractivity contribution in [1.82, 2.24) is 10.2 Å². The minimum absolute atomic E-state index is 0.00338. The summed E-state index contributed by atoms with van der Waals surface area (Å²) in [5.41, 5.74) is 4.43. The molecule has 36 heavy (non-hydrogen) atoms. The Morgan fingerprint density at radius 3 is 2.25 bits per heavy atom. The highest BCUT2D eigenvalue weighted by Crippen LogP contribution is 2.22. The molecule has 4 nitrogen and oxygen atoms in total. The van der Waals surface area contributed by atoms with Gasteiger partial charge in [-0.05, 0) is 50.5 Å². The van der Waals surface area contributed by atoms with Gasteiger partial charge in [-0.25, -0.2) is 0 Å². The average molecular weight is 503 g/mol. The number of rotatable bonds is 12. The van der Waals surface area contributed by atoms with Crippen LogP contribution in [0.4, 0.5) is 0 Å². The molecule has 2 amide bonds. The van der Waals surface area contributed by atoms with Crippen molar-refractivity contribution in [3.63, 3.8) is 0 Å². The Morgan fingerprint density at radius 1 is 0.889 bits per heavy atom. The topological polar surface area (TPSA) is 49.4 Å². The van der Waals surface area contributed by atoms with Crippen LogP contribution in [0.15, 0.2) is 83.8 Å². The zero-order valence-corrected chi connectivity index (χ0v) is 22.7. The molecule has 5 heteroatoms. The van der Waals surface area contributed by atoms with Crippen molar-refractivity contribution in [2.45, 2.75) is 70.5 Å². The molecule has 0 aliphatic carbocycles. The third-order valence-corrected chi connectivity index (χ3v) is 7.33. The van der Waals surface area contributed by atoms with Gasteiger partial charge in [0.05, 0.1) is 0 Å². The number of thioether (sulfide) groups is 1. The first kappa shape index (κ1) is 27.5. The number of nitrogens with zero attached hydrogens (tertiary/aromatic N) is 1. The van der Waals surface area contributed by atoms with Crippen LogP contribution in [-0.4, -0.2) is 34.6 Å². The summed E-state index contributed by atoms with van der Waals surface area (Å²) in [5, 5.41) is 3.13. The van der Waals surface area contributed by atoms with Gasteiger partial charge in [0.1, 0.15) is 6.04 Å². The third-order valence-electron chi connectivity index (χ3n) is 6.31. The normalized spacial score (nSPS) is 12.6. The molecule has 1 N–H and O–H groups in total. The molecule has 0 saturated heterocycles. The fourth-order valence-corrected chi connectivity index (χ4v) is 4.88. The molecule has 0 aliphatic heterocycles. The fraction of sp³-hybridized carbons (Fsp3) is 0.355. The molecule has 190 valence electrons. The maximum Gasteiger partial charge on any atom is 0.243 e. The van der Waals surface area contributed by atoms with Gasteiger partial charge in [0.25, 0.3) is 0 Å². The Bertz CT molecular complexity index is 1110. The second-order valence-corrected chi connectivity index (χ2v) is 10.6. The minimum Gasteiger partial charge on any atom is -0.352 e. The molecule has 0 bridgehead atoms. The lowest BCUT2D eigenvalue weighted by Crippen LogP contribution is -2.52. The van der Waals surface area contributed by atoms with E-state index in [-0.39, 0.29) is 17.9 Å². The van der Waals surface area contributed by atoms with Crippen LogP contribution in [-0.2, 0) is 22.6 Å². The van der Waals surface area contributed by atoms with E-state index in [1.165, 1.54) is 5.56 Å². The minimum atomic E-state index is -0.584. The predicted octanol–water partition coefficient (Wildman–Crippen LogP) is 6.34. The summed E-state index contributed by atoms with van der Waals surface area (Å²) in [6.45, 7) is 8.57. The van der Waals surface area contributed by atoms with Crippen molar-refractivity contribution >= 4 is 23.6 Å². The number of aryl methyl sites for hydroxylation is 2. The SMILES string of the molecule is CC[C@H](C)NC(=O)[C@H](Cc1ccccc1)N(Cc1cccc(C)c1)C(=O)CCSc1ccc(C)cc1. The molecule has 0 heterocycles. The lowest BCUT2D eigenvalue weighted by Gasteiger charge is -2.32. The van der Waals surface area contributed by atoms with Crippen LogP contribution in [0.5, 0.6) is 0 Å². The lowest BCUT2D eigenvalue weighted by atomic mass is 10.0. The molecule has 0 spiro atoms. The van der Waals surface area contributed by atoms with Gasteiger partial charge >= 0.3 is 0 Å². The summed E-state index contributed by atoms with van der Waals surface area (Å²) >= 11 is 1.67. The summed E-state index contributed by atoms with van der Waals surface area (Å²) in [4.78, 5) is 30.2. The van der Waals surface area contributed by atoms with Crippen molar-refractivity contribution in [2.24, 2.45) is 0 Å². The molecule has 0 saturated carbocycles. The number of hydrogen-bond donors (Lipinski definition) is 1. The quantitative estimate of drug-likeness (QED) is 0.294. The van der Waals surface area contributed by atoms with Crippen LogP contribution < -0.4 is 5.32 Å². The van der Waals surface area contributed by atoms with Crippen LogP contribution in [0, 0.1) is 13.8 Å². The van der Waals surface area contributed by atoms with Gasteiger partial charge in [-0.3, -0.25) is 9.59 Å². The molecule has 0 aliphatic rings. The molecule has 0 unspecified atom stereocenters. The smallest absolute Gasteiger partial charge is 0.243 e. The van der Waals surface area contributed by atoms with Gasteiger partial charge in [0, 0.05) is 36.1 Å². The van der Waals surface area contributed by atoms with Crippen LogP contribution >= 0.6 is 11.8 Å². The molecule has 3 aromatic rings. The highest BCUT2D eigenvalue weighted by atomic mass is 32.2. The largest absolute Gasteiger partial charge is 0.352 e. The van der Waals surface area contributed by atoms with Crippen LogP contribution in [0.1, 0.15) is 48.9 Å². The van der Waals surface area contributed by atoms with Crippen LogP contribution in [0.3, 0.4) is 0 Å². The van der Waals surface area contributed by atoms with E-state index < -0.39 is 6.04 Å². The summed E-state index contributed by atoms with van der Waals surface area (Å²) in [7, 11) is 0. The van der Waals surface area contributed by atoms with Crippen LogP contribution in [0.2, 0.25) is 0 Å². The summed E-state index contributed by atoms with van der Waals surface area (Å²) in [6, 6.07) is 25.9. The number of amides is 2. The number of carbonyl (C=O) groups excluding carboxylic acids is 2. The Kier molecular flexibility index (Phi) is 10.6. The Hall–Kier alpha value is -3.05. The summed E-state index contributed by atoms with van der Waals surface area (Å²) in [5.74, 6) is 0.564. The van der Waals surface area contributed by atoms with Crippen molar-refractivity contribution in [1.29, 1.82) is 0 Å². The molecule has 3 aromatic carbocycles. The molecular formula is C31H38N2O2S. The van der Waals surface area contributed by atoms with Gasteiger partial charge in [0.15, 0.2) is 0 Å². The number of benzene rings is 3. The molecule has 3 rings (SSSR count). The van der Waals surface area contributed by atoms with E-state index in [4.69, 9.17) is 0 Å². The third kappa shape index (κ3) is 8.56. The van der Waals surface area contributed by atoms with Crippen molar-refractivity contribution < 1.29 is 9.59 Å². The van der Waals surface area contributed by atoms with Crippen molar-refractivity contribution in [2.75, 3.05) is 5.75 Å². The van der Waals surface area contributed by atoms with E-state index in [9.17, 15) is 9.59 Å². The van der Waals surface area contributed by atoms with E-state index >= 15 is 0 Å². The van der Waals surface area contributed by atoms with Crippen molar-refractivity contribution in [3.8, 4) is 0 Å². The number of carbonyl (C=O) groups is 2. The first-order valence-corrected chi connectivity index (χ1v) is 13.7. The number of nitrogens with one attached hydrogen (secondary N) is 1. The Morgan fingerprint density at radius 2 is 1.58 bits per heavy atom. The highest BCUT2D eigenvalue weighted by molar-refractivity contribution is 7.99. The summed E-state index contributed by atoms with van der Waals surface area (Å²) < 4.78 is 0. The van der Waals surface area contributed by atoms with Gasteiger partial charge in [-0.1, -0.05) is 84.8 Å². The van der Waals surface area contributed by atoms with Gasteiger partial charge in [-0.15, -0.1) is 11.8 Å². The van der Waals surface area contributed by atoms with Gasteiger partial charge in [0.2, 0.25) is 11.8 Å².